The molecule has 0 radical (unpaired) electrons. The van der Waals surface area contributed by atoms with Crippen molar-refractivity contribution in [3.8, 4) is 11.5 Å². The summed E-state index contributed by atoms with van der Waals surface area (Å²) in [6.07, 6.45) is 0.577. The second-order valence-corrected chi connectivity index (χ2v) is 5.57. The molecule has 0 fully saturated rings. The Labute approximate surface area is 134 Å². The highest BCUT2D eigenvalue weighted by atomic mass is 16.5. The molecule has 2 aliphatic heterocycles. The molecule has 1 unspecified atom stereocenters. The van der Waals surface area contributed by atoms with Gasteiger partial charge in [-0.3, -0.25) is 9.69 Å². The Hall–Kier alpha value is -2.53. The first-order chi connectivity index (χ1) is 11.1. The summed E-state index contributed by atoms with van der Waals surface area (Å²) in [5.74, 6) is 0.112. The number of phenolic OH excluding ortho intramolecular Hbond substituents is 1. The normalized spacial score (nSPS) is 17.8. The van der Waals surface area contributed by atoms with E-state index in [1.807, 2.05) is 17.0 Å². The lowest BCUT2D eigenvalue weighted by molar-refractivity contribution is -0.143. The van der Waals surface area contributed by atoms with Crippen LogP contribution in [0.1, 0.15) is 17.2 Å². The van der Waals surface area contributed by atoms with Gasteiger partial charge in [-0.2, -0.15) is 0 Å². The third-order valence-corrected chi connectivity index (χ3v) is 4.10. The molecular formula is C18H19NO4. The highest BCUT2D eigenvalue weighted by Crippen LogP contribution is 2.26. The van der Waals surface area contributed by atoms with Crippen LogP contribution in [0.4, 0.5) is 0 Å². The molecule has 0 aromatic heterocycles. The summed E-state index contributed by atoms with van der Waals surface area (Å²) in [7, 11) is 0. The number of fused-ring (bicyclic) bond motifs is 6. The Morgan fingerprint density at radius 2 is 1.91 bits per heavy atom. The average molecular weight is 313 g/mol. The lowest BCUT2D eigenvalue weighted by atomic mass is 10.0. The maximum absolute atomic E-state index is 11.8. The molecule has 4 rings (SSSR count). The number of para-hydroxylation sites is 1. The molecule has 2 aromatic carbocycles. The Morgan fingerprint density at radius 1 is 1.17 bits per heavy atom. The fourth-order valence-corrected chi connectivity index (χ4v) is 2.89. The quantitative estimate of drug-likeness (QED) is 0.907. The smallest absolute Gasteiger partial charge is 0.325 e. The van der Waals surface area contributed by atoms with Gasteiger partial charge in [-0.25, -0.2) is 0 Å². The monoisotopic (exact) mass is 313 g/mol. The van der Waals surface area contributed by atoms with Gasteiger partial charge in [-0.1, -0.05) is 30.3 Å². The molecule has 5 heteroatoms. The third-order valence-electron chi connectivity index (χ3n) is 4.10. The summed E-state index contributed by atoms with van der Waals surface area (Å²) >= 11 is 0. The second-order valence-electron chi connectivity index (χ2n) is 5.57. The number of aliphatic carboxylic acids is 1. The van der Waals surface area contributed by atoms with Crippen molar-refractivity contribution in [3.05, 3.63) is 59.7 Å². The molecule has 2 bridgehead atoms. The van der Waals surface area contributed by atoms with E-state index in [0.717, 1.165) is 16.9 Å². The van der Waals surface area contributed by atoms with E-state index in [9.17, 15) is 15.0 Å². The fourth-order valence-electron chi connectivity index (χ4n) is 2.89. The van der Waals surface area contributed by atoms with Crippen molar-refractivity contribution >= 4 is 5.97 Å². The summed E-state index contributed by atoms with van der Waals surface area (Å²) in [5, 5.41) is 19.5. The summed E-state index contributed by atoms with van der Waals surface area (Å²) in [4.78, 5) is 13.7. The number of phenols is 1. The average Bonchev–Trinajstić information content (AvgIpc) is 2.68. The number of hydrogen-bond acceptors (Lipinski definition) is 4. The van der Waals surface area contributed by atoms with Crippen LogP contribution in [-0.2, 0) is 11.2 Å². The summed E-state index contributed by atoms with van der Waals surface area (Å²) in [6.45, 7) is 1.47. The maximum atomic E-state index is 11.8. The molecule has 120 valence electrons. The van der Waals surface area contributed by atoms with Crippen LogP contribution in [0.15, 0.2) is 48.5 Å². The number of carboxylic acid groups (broad SMARTS) is 1. The Bertz CT molecular complexity index is 684. The number of rotatable bonds is 4. The van der Waals surface area contributed by atoms with Crippen molar-refractivity contribution in [2.24, 2.45) is 0 Å². The van der Waals surface area contributed by atoms with Crippen LogP contribution < -0.4 is 4.74 Å². The molecule has 2 aliphatic rings. The number of carboxylic acids is 1. The lowest BCUT2D eigenvalue weighted by Crippen LogP contribution is -2.38. The molecule has 0 aliphatic carbocycles. The minimum atomic E-state index is -0.878. The molecule has 0 amide bonds. The number of nitrogens with zero attached hydrogens (tertiary/aromatic N) is 1. The van der Waals surface area contributed by atoms with E-state index in [0.29, 0.717) is 26.1 Å². The van der Waals surface area contributed by atoms with E-state index in [-0.39, 0.29) is 5.75 Å². The highest BCUT2D eigenvalue weighted by molar-refractivity contribution is 5.75. The predicted octanol–water partition coefficient (Wildman–Crippen LogP) is 2.46. The highest BCUT2D eigenvalue weighted by Gasteiger charge is 2.28. The van der Waals surface area contributed by atoms with Gasteiger partial charge in [0.25, 0.3) is 0 Å². The van der Waals surface area contributed by atoms with Gasteiger partial charge >= 0.3 is 5.97 Å². The Balaban J connectivity index is 1.81. The van der Waals surface area contributed by atoms with Crippen molar-refractivity contribution < 1.29 is 19.7 Å². The summed E-state index contributed by atoms with van der Waals surface area (Å²) < 4.78 is 5.63. The van der Waals surface area contributed by atoms with Gasteiger partial charge in [0.2, 0.25) is 0 Å². The molecule has 23 heavy (non-hydrogen) atoms. The lowest BCUT2D eigenvalue weighted by Gasteiger charge is -2.28. The van der Waals surface area contributed by atoms with Gasteiger partial charge in [-0.15, -0.1) is 0 Å². The largest absolute Gasteiger partial charge is 0.508 e. The zero-order chi connectivity index (χ0) is 16.2. The standard InChI is InChI=1S/C18H19NO4/c20-16-4-2-1-3-13(16)9-10-19-11-12-23-15-7-5-14(6-8-15)17(19)18(21)22/h1-8,17,20H,9-12H2,(H,21,22). The molecule has 0 saturated carbocycles. The zero-order valence-electron chi connectivity index (χ0n) is 12.7. The van der Waals surface area contributed by atoms with Crippen LogP contribution in [0.5, 0.6) is 11.5 Å². The Kier molecular flexibility index (Phi) is 4.48. The van der Waals surface area contributed by atoms with Crippen LogP contribution in [0.2, 0.25) is 0 Å². The SMILES string of the molecule is O=C(O)C1c2ccc(cc2)OCCN1CCc1ccccc1O. The fraction of sp³-hybridized carbons (Fsp3) is 0.278. The van der Waals surface area contributed by atoms with Crippen LogP contribution in [0.3, 0.4) is 0 Å². The van der Waals surface area contributed by atoms with E-state index in [1.165, 1.54) is 0 Å². The zero-order valence-corrected chi connectivity index (χ0v) is 12.7. The van der Waals surface area contributed by atoms with Crippen LogP contribution in [-0.4, -0.2) is 40.8 Å². The molecule has 2 heterocycles. The van der Waals surface area contributed by atoms with E-state index in [1.54, 1.807) is 36.4 Å². The van der Waals surface area contributed by atoms with Gasteiger partial charge in [0, 0.05) is 13.1 Å². The molecular weight excluding hydrogens is 294 g/mol. The molecule has 5 nitrogen and oxygen atoms in total. The minimum Gasteiger partial charge on any atom is -0.508 e. The predicted molar refractivity (Wildman–Crippen MR) is 85.7 cm³/mol. The molecule has 2 aromatic rings. The van der Waals surface area contributed by atoms with Gasteiger partial charge < -0.3 is 14.9 Å². The minimum absolute atomic E-state index is 0.240. The third kappa shape index (κ3) is 3.46. The van der Waals surface area contributed by atoms with Crippen molar-refractivity contribution in [1.82, 2.24) is 4.90 Å². The van der Waals surface area contributed by atoms with Gasteiger partial charge in [-0.05, 0) is 35.7 Å². The van der Waals surface area contributed by atoms with Crippen molar-refractivity contribution in [3.63, 3.8) is 0 Å². The summed E-state index contributed by atoms with van der Waals surface area (Å²) in [5.41, 5.74) is 1.55. The number of aromatic hydroxyl groups is 1. The maximum Gasteiger partial charge on any atom is 0.325 e. The number of carbonyl (C=O) groups is 1. The molecule has 0 spiro atoms. The van der Waals surface area contributed by atoms with Crippen molar-refractivity contribution in [1.29, 1.82) is 0 Å². The van der Waals surface area contributed by atoms with Crippen molar-refractivity contribution in [2.45, 2.75) is 12.5 Å². The number of hydrogen-bond donors (Lipinski definition) is 2. The number of benzene rings is 2. The Morgan fingerprint density at radius 3 is 2.61 bits per heavy atom. The van der Waals surface area contributed by atoms with Gasteiger partial charge in [0.1, 0.15) is 24.1 Å². The van der Waals surface area contributed by atoms with Crippen molar-refractivity contribution in [2.75, 3.05) is 19.7 Å². The topological polar surface area (TPSA) is 70.0 Å². The number of ether oxygens (including phenoxy) is 1. The van der Waals surface area contributed by atoms with Gasteiger partial charge in [0.15, 0.2) is 0 Å². The van der Waals surface area contributed by atoms with Gasteiger partial charge in [0.05, 0.1) is 0 Å². The molecule has 0 saturated heterocycles. The van der Waals surface area contributed by atoms with Crippen LogP contribution in [0, 0.1) is 0 Å². The second kappa shape index (κ2) is 6.71. The molecule has 1 atom stereocenters. The summed E-state index contributed by atoms with van der Waals surface area (Å²) in [6, 6.07) is 13.6. The van der Waals surface area contributed by atoms with Crippen LogP contribution in [0.25, 0.3) is 0 Å². The van der Waals surface area contributed by atoms with E-state index in [4.69, 9.17) is 4.74 Å². The van der Waals surface area contributed by atoms with Crippen LogP contribution >= 0.6 is 0 Å². The first-order valence-electron chi connectivity index (χ1n) is 7.61. The van der Waals surface area contributed by atoms with E-state index < -0.39 is 12.0 Å². The first-order valence-corrected chi connectivity index (χ1v) is 7.61. The van der Waals surface area contributed by atoms with E-state index in [2.05, 4.69) is 0 Å². The van der Waals surface area contributed by atoms with E-state index >= 15 is 0 Å². The molecule has 2 N–H and O–H groups in total. The first kappa shape index (κ1) is 15.4.